The molecule has 0 aromatic heterocycles. The van der Waals surface area contributed by atoms with Crippen LogP contribution in [0.3, 0.4) is 0 Å². The van der Waals surface area contributed by atoms with Gasteiger partial charge in [-0.05, 0) is 108 Å². The number of hydrogen-bond donors (Lipinski definition) is 0. The number of aryl methyl sites for hydroxylation is 3. The molecular formula is C41H33BN2. The standard InChI is InChI=1S/C41H33BN2/c1-28-22-24-32(25-23-28)44-37-19-9-7-16-33(37)34-17-11-21-39-41(34)42(44)36-18-8-10-20-38(36)43(39)40-27-31-15-6-5-14-30(31)26-35(40)29-12-3-2-4-13-29/h2-4,7-13,16-27H,5-6,14-15H2,1H3. The highest BCUT2D eigenvalue weighted by Crippen LogP contribution is 2.48. The van der Waals surface area contributed by atoms with Crippen LogP contribution in [-0.2, 0) is 12.8 Å². The Balaban J connectivity index is 1.36. The van der Waals surface area contributed by atoms with Crippen LogP contribution in [0.4, 0.5) is 28.4 Å². The predicted octanol–water partition coefficient (Wildman–Crippen LogP) is 9.25. The topological polar surface area (TPSA) is 6.48 Å². The zero-order valence-corrected chi connectivity index (χ0v) is 25.0. The summed E-state index contributed by atoms with van der Waals surface area (Å²) >= 11 is 0. The van der Waals surface area contributed by atoms with E-state index in [-0.39, 0.29) is 6.85 Å². The van der Waals surface area contributed by atoms with Gasteiger partial charge in [0, 0.05) is 33.9 Å². The number of hydrogen-bond acceptors (Lipinski definition) is 2. The molecule has 0 radical (unpaired) electrons. The van der Waals surface area contributed by atoms with Crippen LogP contribution < -0.4 is 20.6 Å². The average molecular weight is 565 g/mol. The maximum atomic E-state index is 2.57. The predicted molar refractivity (Wildman–Crippen MR) is 187 cm³/mol. The molecule has 1 aliphatic carbocycles. The van der Waals surface area contributed by atoms with Crippen molar-refractivity contribution in [3.8, 4) is 22.3 Å². The first-order chi connectivity index (χ1) is 21.8. The van der Waals surface area contributed by atoms with Crippen molar-refractivity contribution in [3.63, 3.8) is 0 Å². The fourth-order valence-corrected chi connectivity index (χ4v) is 7.86. The SMILES string of the molecule is Cc1ccc(N2B3c4ccccc4N(c4cc5c(cc4-c4ccccc4)CCCC5)c4cccc(c43)-c3ccccc32)cc1. The molecule has 2 heterocycles. The van der Waals surface area contributed by atoms with E-state index in [0.717, 1.165) is 12.8 Å². The number of benzene rings is 6. The Morgan fingerprint density at radius 2 is 1.18 bits per heavy atom. The van der Waals surface area contributed by atoms with E-state index in [1.165, 1.54) is 91.1 Å². The van der Waals surface area contributed by atoms with Crippen molar-refractivity contribution in [1.82, 2.24) is 0 Å². The molecule has 9 rings (SSSR count). The lowest BCUT2D eigenvalue weighted by molar-refractivity contribution is 0.686. The summed E-state index contributed by atoms with van der Waals surface area (Å²) in [7, 11) is 0. The summed E-state index contributed by atoms with van der Waals surface area (Å²) in [6, 6.07) is 50.0. The zero-order valence-electron chi connectivity index (χ0n) is 25.0. The maximum Gasteiger partial charge on any atom is 0.333 e. The van der Waals surface area contributed by atoms with Gasteiger partial charge in [-0.1, -0.05) is 96.6 Å². The molecular weight excluding hydrogens is 531 g/mol. The van der Waals surface area contributed by atoms with Gasteiger partial charge in [-0.3, -0.25) is 0 Å². The van der Waals surface area contributed by atoms with Gasteiger partial charge in [0.1, 0.15) is 0 Å². The molecule has 0 saturated carbocycles. The van der Waals surface area contributed by atoms with E-state index < -0.39 is 0 Å². The summed E-state index contributed by atoms with van der Waals surface area (Å²) in [5.41, 5.74) is 18.5. The number of fused-ring (bicyclic) bond motifs is 5. The number of nitrogens with zero attached hydrogens (tertiary/aromatic N) is 2. The van der Waals surface area contributed by atoms with Gasteiger partial charge >= 0.3 is 6.85 Å². The van der Waals surface area contributed by atoms with Crippen LogP contribution >= 0.6 is 0 Å². The van der Waals surface area contributed by atoms with Gasteiger partial charge in [-0.2, -0.15) is 0 Å². The summed E-state index contributed by atoms with van der Waals surface area (Å²) in [6.07, 6.45) is 4.85. The van der Waals surface area contributed by atoms with Crippen LogP contribution in [-0.4, -0.2) is 6.85 Å². The molecule has 0 amide bonds. The van der Waals surface area contributed by atoms with E-state index in [0.29, 0.717) is 0 Å². The lowest BCUT2D eigenvalue weighted by Gasteiger charge is -2.46. The van der Waals surface area contributed by atoms with Gasteiger partial charge in [0.05, 0.1) is 5.69 Å². The van der Waals surface area contributed by atoms with Crippen LogP contribution in [0.25, 0.3) is 22.3 Å². The molecule has 2 aliphatic heterocycles. The second kappa shape index (κ2) is 10.0. The molecule has 0 saturated heterocycles. The summed E-state index contributed by atoms with van der Waals surface area (Å²) in [5, 5.41) is 0. The van der Waals surface area contributed by atoms with Crippen molar-refractivity contribution in [1.29, 1.82) is 0 Å². The third-order valence-electron chi connectivity index (χ3n) is 9.88. The van der Waals surface area contributed by atoms with Crippen molar-refractivity contribution < 1.29 is 0 Å². The minimum Gasteiger partial charge on any atom is -0.376 e. The van der Waals surface area contributed by atoms with Gasteiger partial charge in [0.2, 0.25) is 0 Å². The van der Waals surface area contributed by atoms with Crippen LogP contribution in [0, 0.1) is 6.92 Å². The molecule has 44 heavy (non-hydrogen) atoms. The Hall–Kier alpha value is -5.02. The highest BCUT2D eigenvalue weighted by atomic mass is 15.2. The molecule has 0 fully saturated rings. The Morgan fingerprint density at radius 1 is 0.523 bits per heavy atom. The first kappa shape index (κ1) is 25.5. The van der Waals surface area contributed by atoms with Crippen LogP contribution in [0.15, 0.2) is 133 Å². The molecule has 0 N–H and O–H groups in total. The Bertz CT molecular complexity index is 2050. The highest BCUT2D eigenvalue weighted by molar-refractivity contribution is 6.93. The van der Waals surface area contributed by atoms with E-state index in [9.17, 15) is 0 Å². The molecule has 6 aromatic rings. The lowest BCUT2D eigenvalue weighted by Crippen LogP contribution is -2.61. The van der Waals surface area contributed by atoms with E-state index in [4.69, 9.17) is 0 Å². The van der Waals surface area contributed by atoms with Gasteiger partial charge in [-0.25, -0.2) is 0 Å². The normalized spacial score (nSPS) is 14.4. The van der Waals surface area contributed by atoms with E-state index in [2.05, 4.69) is 150 Å². The van der Waals surface area contributed by atoms with Crippen molar-refractivity contribution in [2.24, 2.45) is 0 Å². The molecule has 0 atom stereocenters. The fourth-order valence-electron chi connectivity index (χ4n) is 7.86. The fraction of sp³-hybridized carbons (Fsp3) is 0.122. The highest BCUT2D eigenvalue weighted by Gasteiger charge is 2.44. The van der Waals surface area contributed by atoms with Crippen molar-refractivity contribution in [2.45, 2.75) is 32.6 Å². The second-order valence-corrected chi connectivity index (χ2v) is 12.5. The first-order valence-corrected chi connectivity index (χ1v) is 15.9. The summed E-state index contributed by atoms with van der Waals surface area (Å²) in [6.45, 7) is 2.22. The quantitative estimate of drug-likeness (QED) is 0.198. The third kappa shape index (κ3) is 3.82. The van der Waals surface area contributed by atoms with Gasteiger partial charge in [0.15, 0.2) is 0 Å². The second-order valence-electron chi connectivity index (χ2n) is 12.5. The Kier molecular flexibility index (Phi) is 5.81. The molecule has 3 aliphatic rings. The summed E-state index contributed by atoms with van der Waals surface area (Å²) < 4.78 is 0. The van der Waals surface area contributed by atoms with Crippen molar-refractivity contribution in [3.05, 3.63) is 150 Å². The molecule has 0 spiro atoms. The molecule has 0 bridgehead atoms. The zero-order chi connectivity index (χ0) is 29.2. The Labute approximate surface area is 260 Å². The molecule has 210 valence electrons. The van der Waals surface area contributed by atoms with Crippen LogP contribution in [0.1, 0.15) is 29.5 Å². The largest absolute Gasteiger partial charge is 0.376 e. The first-order valence-electron chi connectivity index (χ1n) is 15.9. The third-order valence-corrected chi connectivity index (χ3v) is 9.88. The van der Waals surface area contributed by atoms with E-state index >= 15 is 0 Å². The lowest BCUT2D eigenvalue weighted by atomic mass is 9.43. The Morgan fingerprint density at radius 3 is 2.00 bits per heavy atom. The van der Waals surface area contributed by atoms with E-state index in [1.54, 1.807) is 0 Å². The van der Waals surface area contributed by atoms with Crippen LogP contribution in [0.2, 0.25) is 0 Å². The monoisotopic (exact) mass is 564 g/mol. The van der Waals surface area contributed by atoms with Gasteiger partial charge in [-0.15, -0.1) is 0 Å². The summed E-state index contributed by atoms with van der Waals surface area (Å²) in [5.74, 6) is 0. The number of para-hydroxylation sites is 2. The van der Waals surface area contributed by atoms with Gasteiger partial charge in [0.25, 0.3) is 0 Å². The minimum absolute atomic E-state index is 0.0593. The molecule has 3 heteroatoms. The molecule has 6 aromatic carbocycles. The van der Waals surface area contributed by atoms with E-state index in [1.807, 2.05) is 0 Å². The molecule has 2 nitrogen and oxygen atoms in total. The smallest absolute Gasteiger partial charge is 0.333 e. The molecule has 0 unspecified atom stereocenters. The van der Waals surface area contributed by atoms with Gasteiger partial charge < -0.3 is 9.71 Å². The maximum absolute atomic E-state index is 2.57. The summed E-state index contributed by atoms with van der Waals surface area (Å²) in [4.78, 5) is 5.14. The number of anilines is 5. The minimum atomic E-state index is 0.0593. The van der Waals surface area contributed by atoms with Crippen molar-refractivity contribution >= 4 is 46.2 Å². The average Bonchev–Trinajstić information content (AvgIpc) is 3.09. The van der Waals surface area contributed by atoms with Crippen molar-refractivity contribution in [2.75, 3.05) is 9.71 Å². The van der Waals surface area contributed by atoms with Crippen LogP contribution in [0.5, 0.6) is 0 Å². The number of rotatable bonds is 3.